The number of hydrogen-bond donors (Lipinski definition) is 0. The smallest absolute Gasteiger partial charge is 0.225 e. The molecule has 3 saturated carbocycles. The Morgan fingerprint density at radius 3 is 2.54 bits per heavy atom. The Balaban J connectivity index is 1.98. The van der Waals surface area contributed by atoms with Crippen molar-refractivity contribution in [3.63, 3.8) is 0 Å². The Kier molecular flexibility index (Phi) is 1.36. The van der Waals surface area contributed by atoms with Crippen LogP contribution >= 0.6 is 11.6 Å². The topological polar surface area (TPSA) is 17.1 Å². The fraction of sp³-hybridized carbons (Fsp3) is 0.909. The van der Waals surface area contributed by atoms with E-state index >= 15 is 0 Å². The molecule has 0 aliphatic heterocycles. The summed E-state index contributed by atoms with van der Waals surface area (Å²) in [6, 6.07) is 0. The average Bonchev–Trinajstić information content (AvgIpc) is 2.42. The van der Waals surface area contributed by atoms with Gasteiger partial charge in [-0.15, -0.1) is 0 Å². The highest BCUT2D eigenvalue weighted by Crippen LogP contribution is 2.80. The Bertz CT molecular complexity index is 288. The van der Waals surface area contributed by atoms with Crippen molar-refractivity contribution >= 4 is 16.8 Å². The van der Waals surface area contributed by atoms with Crippen molar-refractivity contribution < 1.29 is 4.79 Å². The molecular formula is C11H15ClO. The van der Waals surface area contributed by atoms with Gasteiger partial charge in [0, 0.05) is 5.92 Å². The molecule has 3 fully saturated rings. The second-order valence-electron chi connectivity index (χ2n) is 5.44. The van der Waals surface area contributed by atoms with Crippen LogP contribution in [0.3, 0.4) is 0 Å². The molecule has 0 aromatic carbocycles. The highest BCUT2D eigenvalue weighted by atomic mass is 35.5. The second kappa shape index (κ2) is 2.13. The van der Waals surface area contributed by atoms with Gasteiger partial charge in [-0.1, -0.05) is 6.92 Å². The van der Waals surface area contributed by atoms with Crippen molar-refractivity contribution in [1.29, 1.82) is 0 Å². The fourth-order valence-electron chi connectivity index (χ4n) is 4.60. The van der Waals surface area contributed by atoms with Gasteiger partial charge in [0.2, 0.25) is 5.24 Å². The lowest BCUT2D eigenvalue weighted by Crippen LogP contribution is -2.65. The van der Waals surface area contributed by atoms with Gasteiger partial charge in [0.25, 0.3) is 0 Å². The van der Waals surface area contributed by atoms with Gasteiger partial charge in [-0.3, -0.25) is 4.79 Å². The van der Waals surface area contributed by atoms with E-state index in [-0.39, 0.29) is 11.2 Å². The minimum atomic E-state index is -0.0619. The van der Waals surface area contributed by atoms with E-state index in [0.717, 1.165) is 12.3 Å². The van der Waals surface area contributed by atoms with Gasteiger partial charge in [-0.2, -0.15) is 0 Å². The number of carbonyl (C=O) groups excluding carboxylic acids is 1. The molecule has 0 aromatic heterocycles. The van der Waals surface area contributed by atoms with Crippen LogP contribution in [0, 0.1) is 22.7 Å². The van der Waals surface area contributed by atoms with Crippen molar-refractivity contribution in [3.8, 4) is 0 Å². The van der Waals surface area contributed by atoms with Crippen LogP contribution in [0.1, 0.15) is 39.0 Å². The monoisotopic (exact) mass is 198 g/mol. The van der Waals surface area contributed by atoms with E-state index in [9.17, 15) is 4.79 Å². The van der Waals surface area contributed by atoms with E-state index in [0.29, 0.717) is 10.8 Å². The SMILES string of the molecule is C[C@@]12CC[C@]13[C@@H](CC[C@H]3C(=O)Cl)C2. The van der Waals surface area contributed by atoms with Crippen LogP contribution in [0.25, 0.3) is 0 Å². The third kappa shape index (κ3) is 0.674. The zero-order valence-electron chi connectivity index (χ0n) is 7.98. The summed E-state index contributed by atoms with van der Waals surface area (Å²) >= 11 is 5.69. The van der Waals surface area contributed by atoms with Gasteiger partial charge in [0.1, 0.15) is 0 Å². The molecule has 3 aliphatic rings. The number of hydrogen-bond acceptors (Lipinski definition) is 1. The minimum Gasteiger partial charge on any atom is -0.281 e. The maximum absolute atomic E-state index is 11.3. The molecule has 0 heterocycles. The summed E-state index contributed by atoms with van der Waals surface area (Å²) in [6.07, 6.45) is 6.25. The molecule has 0 saturated heterocycles. The summed E-state index contributed by atoms with van der Waals surface area (Å²) in [5.74, 6) is 1.03. The fourth-order valence-corrected chi connectivity index (χ4v) is 4.91. The van der Waals surface area contributed by atoms with Crippen LogP contribution < -0.4 is 0 Å². The lowest BCUT2D eigenvalue weighted by Gasteiger charge is -2.71. The van der Waals surface area contributed by atoms with E-state index in [4.69, 9.17) is 11.6 Å². The molecule has 72 valence electrons. The van der Waals surface area contributed by atoms with Crippen LogP contribution in [-0.2, 0) is 4.79 Å². The molecule has 0 amide bonds. The largest absolute Gasteiger partial charge is 0.281 e. The predicted molar refractivity (Wildman–Crippen MR) is 51.5 cm³/mol. The van der Waals surface area contributed by atoms with E-state index in [1.165, 1.54) is 25.7 Å². The molecule has 13 heavy (non-hydrogen) atoms. The Labute approximate surface area is 83.8 Å². The van der Waals surface area contributed by atoms with Crippen LogP contribution in [0.5, 0.6) is 0 Å². The Hall–Kier alpha value is -0.0400. The van der Waals surface area contributed by atoms with Gasteiger partial charge in [-0.25, -0.2) is 0 Å². The molecule has 2 heteroatoms. The minimum absolute atomic E-state index is 0.0619. The van der Waals surface area contributed by atoms with Crippen LogP contribution in [0.4, 0.5) is 0 Å². The lowest BCUT2D eigenvalue weighted by atomic mass is 9.33. The predicted octanol–water partition coefficient (Wildman–Crippen LogP) is 2.97. The Morgan fingerprint density at radius 2 is 2.15 bits per heavy atom. The number of rotatable bonds is 1. The van der Waals surface area contributed by atoms with Gasteiger partial charge in [0.15, 0.2) is 0 Å². The maximum Gasteiger partial charge on any atom is 0.225 e. The van der Waals surface area contributed by atoms with Crippen LogP contribution in [-0.4, -0.2) is 5.24 Å². The first kappa shape index (κ1) is 8.28. The van der Waals surface area contributed by atoms with Gasteiger partial charge in [-0.05, 0) is 60.5 Å². The molecule has 0 unspecified atom stereocenters. The summed E-state index contributed by atoms with van der Waals surface area (Å²) in [5, 5.41) is -0.0619. The summed E-state index contributed by atoms with van der Waals surface area (Å²) in [6.45, 7) is 2.35. The third-order valence-corrected chi connectivity index (χ3v) is 5.60. The van der Waals surface area contributed by atoms with Crippen molar-refractivity contribution in [2.75, 3.05) is 0 Å². The summed E-state index contributed by atoms with van der Waals surface area (Å²) in [4.78, 5) is 11.3. The van der Waals surface area contributed by atoms with E-state index in [1.54, 1.807) is 0 Å². The maximum atomic E-state index is 11.3. The molecule has 0 bridgehead atoms. The van der Waals surface area contributed by atoms with Crippen molar-refractivity contribution in [1.82, 2.24) is 0 Å². The molecule has 4 atom stereocenters. The zero-order chi connectivity index (χ0) is 9.27. The summed E-state index contributed by atoms with van der Waals surface area (Å²) in [5.41, 5.74) is 0.856. The summed E-state index contributed by atoms with van der Waals surface area (Å²) < 4.78 is 0. The molecule has 0 radical (unpaired) electrons. The number of halogens is 1. The van der Waals surface area contributed by atoms with E-state index < -0.39 is 0 Å². The standard InChI is InChI=1S/C11H15ClO/c1-10-4-5-11(10)7(6-10)2-3-8(11)9(12)13/h7-8H,2-6H2,1H3/t7-,8-,10-,11+/m0/s1. The summed E-state index contributed by atoms with van der Waals surface area (Å²) in [7, 11) is 0. The van der Waals surface area contributed by atoms with Crippen molar-refractivity contribution in [2.24, 2.45) is 22.7 Å². The first-order valence-corrected chi connectivity index (χ1v) is 5.67. The third-order valence-electron chi connectivity index (χ3n) is 5.34. The van der Waals surface area contributed by atoms with Crippen molar-refractivity contribution in [3.05, 3.63) is 0 Å². The first-order chi connectivity index (χ1) is 6.10. The molecular weight excluding hydrogens is 184 g/mol. The number of carbonyl (C=O) groups is 1. The van der Waals surface area contributed by atoms with E-state index in [2.05, 4.69) is 6.92 Å². The van der Waals surface area contributed by atoms with Gasteiger partial charge >= 0.3 is 0 Å². The van der Waals surface area contributed by atoms with E-state index in [1.807, 2.05) is 0 Å². The zero-order valence-corrected chi connectivity index (χ0v) is 8.73. The lowest BCUT2D eigenvalue weighted by molar-refractivity contribution is -0.224. The molecule has 0 aromatic rings. The second-order valence-corrected chi connectivity index (χ2v) is 5.81. The highest BCUT2D eigenvalue weighted by Gasteiger charge is 2.74. The molecule has 1 nitrogen and oxygen atoms in total. The Morgan fingerprint density at radius 1 is 1.38 bits per heavy atom. The van der Waals surface area contributed by atoms with Crippen LogP contribution in [0.15, 0.2) is 0 Å². The van der Waals surface area contributed by atoms with Gasteiger partial charge in [0.05, 0.1) is 0 Å². The van der Waals surface area contributed by atoms with Gasteiger partial charge < -0.3 is 0 Å². The quantitative estimate of drug-likeness (QED) is 0.592. The first-order valence-electron chi connectivity index (χ1n) is 5.29. The average molecular weight is 199 g/mol. The molecule has 3 aliphatic carbocycles. The normalized spacial score (nSPS) is 57.4. The molecule has 1 spiro atoms. The highest BCUT2D eigenvalue weighted by molar-refractivity contribution is 6.64. The van der Waals surface area contributed by atoms with Crippen LogP contribution in [0.2, 0.25) is 0 Å². The van der Waals surface area contributed by atoms with Crippen molar-refractivity contribution in [2.45, 2.75) is 39.0 Å². The molecule has 0 N–H and O–H groups in total. The molecule has 3 rings (SSSR count).